The Morgan fingerprint density at radius 3 is 2.93 bits per heavy atom. The highest BCUT2D eigenvalue weighted by atomic mass is 35.5. The van der Waals surface area contributed by atoms with Gasteiger partial charge in [-0.05, 0) is 42.8 Å². The van der Waals surface area contributed by atoms with Crippen molar-refractivity contribution in [1.29, 1.82) is 0 Å². The van der Waals surface area contributed by atoms with E-state index in [0.717, 1.165) is 21.8 Å². The van der Waals surface area contributed by atoms with Gasteiger partial charge in [-0.25, -0.2) is 10.4 Å². The number of hydrazone groups is 1. The highest BCUT2D eigenvalue weighted by molar-refractivity contribution is 7.99. The fourth-order valence-corrected chi connectivity index (χ4v) is 3.49. The number of fused-ring (bicyclic) bond motifs is 1. The number of para-hydroxylation sites is 2. The molecule has 0 unspecified atom stereocenters. The number of halogens is 1. The number of benzene rings is 2. The summed E-state index contributed by atoms with van der Waals surface area (Å²) in [7, 11) is 1.93. The van der Waals surface area contributed by atoms with Crippen LogP contribution in [0, 0.1) is 0 Å². The minimum Gasteiger partial charge on any atom is -0.492 e. The summed E-state index contributed by atoms with van der Waals surface area (Å²) in [4.78, 5) is 16.5. The Labute approximate surface area is 166 Å². The summed E-state index contributed by atoms with van der Waals surface area (Å²) in [5.41, 5.74) is 5.23. The molecule has 0 bridgehead atoms. The predicted octanol–water partition coefficient (Wildman–Crippen LogP) is 3.87. The molecule has 1 N–H and O–H groups in total. The molecule has 3 rings (SSSR count). The SMILES string of the molecule is CCOc1ccc(/C=N\NC(=O)CSc2nc3ccccc3n2C)cc1Cl. The molecule has 0 atom stereocenters. The second-order valence-corrected chi connectivity index (χ2v) is 7.00. The molecule has 0 fully saturated rings. The molecule has 8 heteroatoms. The van der Waals surface area contributed by atoms with Crippen LogP contribution in [0.2, 0.25) is 5.02 Å². The molecule has 0 aliphatic rings. The molecular formula is C19H19ClN4O2S. The first-order chi connectivity index (χ1) is 13.1. The number of carbonyl (C=O) groups excluding carboxylic acids is 1. The van der Waals surface area contributed by atoms with Crippen LogP contribution in [0.5, 0.6) is 5.75 Å². The lowest BCUT2D eigenvalue weighted by Crippen LogP contribution is -2.19. The van der Waals surface area contributed by atoms with Gasteiger partial charge in [-0.1, -0.05) is 35.5 Å². The minimum atomic E-state index is -0.208. The van der Waals surface area contributed by atoms with Gasteiger partial charge in [-0.2, -0.15) is 5.10 Å². The maximum atomic E-state index is 12.0. The van der Waals surface area contributed by atoms with Gasteiger partial charge >= 0.3 is 0 Å². The maximum absolute atomic E-state index is 12.0. The van der Waals surface area contributed by atoms with Crippen molar-refractivity contribution in [3.63, 3.8) is 0 Å². The molecule has 3 aromatic rings. The highest BCUT2D eigenvalue weighted by Crippen LogP contribution is 2.25. The molecule has 0 saturated heterocycles. The molecule has 0 spiro atoms. The number of amides is 1. The molecule has 2 aromatic carbocycles. The summed E-state index contributed by atoms with van der Waals surface area (Å²) in [6, 6.07) is 13.2. The molecule has 0 saturated carbocycles. The van der Waals surface area contributed by atoms with E-state index in [1.54, 1.807) is 18.3 Å². The van der Waals surface area contributed by atoms with Crippen molar-refractivity contribution in [1.82, 2.24) is 15.0 Å². The van der Waals surface area contributed by atoms with Crippen molar-refractivity contribution < 1.29 is 9.53 Å². The minimum absolute atomic E-state index is 0.208. The van der Waals surface area contributed by atoms with Crippen LogP contribution in [0.4, 0.5) is 0 Å². The zero-order valence-corrected chi connectivity index (χ0v) is 16.5. The third kappa shape index (κ3) is 4.81. The van der Waals surface area contributed by atoms with E-state index in [1.807, 2.05) is 48.9 Å². The monoisotopic (exact) mass is 402 g/mol. The highest BCUT2D eigenvalue weighted by Gasteiger charge is 2.09. The molecule has 140 valence electrons. The van der Waals surface area contributed by atoms with Gasteiger partial charge in [0.25, 0.3) is 5.91 Å². The van der Waals surface area contributed by atoms with E-state index in [9.17, 15) is 4.79 Å². The van der Waals surface area contributed by atoms with Crippen LogP contribution in [0.15, 0.2) is 52.7 Å². The van der Waals surface area contributed by atoms with E-state index in [2.05, 4.69) is 15.5 Å². The second kappa shape index (κ2) is 8.92. The average Bonchev–Trinajstić information content (AvgIpc) is 2.98. The second-order valence-electron chi connectivity index (χ2n) is 5.65. The van der Waals surface area contributed by atoms with Crippen LogP contribution in [0.25, 0.3) is 11.0 Å². The largest absolute Gasteiger partial charge is 0.492 e. The quantitative estimate of drug-likeness (QED) is 0.370. The summed E-state index contributed by atoms with van der Waals surface area (Å²) in [5.74, 6) is 0.637. The fraction of sp³-hybridized carbons (Fsp3) is 0.211. The number of thioether (sulfide) groups is 1. The first-order valence-electron chi connectivity index (χ1n) is 8.37. The van der Waals surface area contributed by atoms with Gasteiger partial charge in [0.15, 0.2) is 5.16 Å². The number of hydrogen-bond donors (Lipinski definition) is 1. The zero-order valence-electron chi connectivity index (χ0n) is 15.0. The Morgan fingerprint density at radius 1 is 1.37 bits per heavy atom. The number of nitrogens with one attached hydrogen (secondary N) is 1. The molecule has 1 aromatic heterocycles. The third-order valence-electron chi connectivity index (χ3n) is 3.74. The summed E-state index contributed by atoms with van der Waals surface area (Å²) in [6.45, 7) is 2.44. The van der Waals surface area contributed by atoms with Crippen LogP contribution >= 0.6 is 23.4 Å². The van der Waals surface area contributed by atoms with Gasteiger partial charge in [0, 0.05) is 7.05 Å². The maximum Gasteiger partial charge on any atom is 0.250 e. The number of nitrogens with zero attached hydrogens (tertiary/aromatic N) is 3. The number of aryl methyl sites for hydroxylation is 1. The van der Waals surface area contributed by atoms with Gasteiger partial charge in [0.1, 0.15) is 5.75 Å². The van der Waals surface area contributed by atoms with Gasteiger partial charge in [0.2, 0.25) is 0 Å². The van der Waals surface area contributed by atoms with Crippen molar-refractivity contribution in [2.75, 3.05) is 12.4 Å². The van der Waals surface area contributed by atoms with Crippen molar-refractivity contribution in [2.45, 2.75) is 12.1 Å². The summed E-state index contributed by atoms with van der Waals surface area (Å²) in [5, 5.41) is 5.26. The van der Waals surface area contributed by atoms with E-state index in [4.69, 9.17) is 16.3 Å². The van der Waals surface area contributed by atoms with Gasteiger partial charge in [-0.15, -0.1) is 0 Å². The molecular weight excluding hydrogens is 384 g/mol. The fourth-order valence-electron chi connectivity index (χ4n) is 2.46. The molecule has 6 nitrogen and oxygen atoms in total. The van der Waals surface area contributed by atoms with E-state index in [1.165, 1.54) is 11.8 Å². The third-order valence-corrected chi connectivity index (χ3v) is 5.06. The Morgan fingerprint density at radius 2 is 2.19 bits per heavy atom. The van der Waals surface area contributed by atoms with Crippen molar-refractivity contribution in [3.8, 4) is 5.75 Å². The summed E-state index contributed by atoms with van der Waals surface area (Å²) >= 11 is 7.49. The number of imidazole rings is 1. The van der Waals surface area contributed by atoms with Crippen LogP contribution < -0.4 is 10.2 Å². The zero-order chi connectivity index (χ0) is 19.2. The predicted molar refractivity (Wildman–Crippen MR) is 110 cm³/mol. The standard InChI is InChI=1S/C19H19ClN4O2S/c1-3-26-17-9-8-13(10-14(17)20)11-21-23-18(25)12-27-19-22-15-6-4-5-7-16(15)24(19)2/h4-11H,3,12H2,1-2H3,(H,23,25)/b21-11-. The van der Waals surface area contributed by atoms with Crippen molar-refractivity contribution in [3.05, 3.63) is 53.1 Å². The number of hydrogen-bond acceptors (Lipinski definition) is 5. The van der Waals surface area contributed by atoms with E-state index < -0.39 is 0 Å². The lowest BCUT2D eigenvalue weighted by atomic mass is 10.2. The van der Waals surface area contributed by atoms with Crippen LogP contribution in [-0.2, 0) is 11.8 Å². The molecule has 27 heavy (non-hydrogen) atoms. The molecule has 1 heterocycles. The topological polar surface area (TPSA) is 68.5 Å². The van der Waals surface area contributed by atoms with Gasteiger partial charge in [-0.3, -0.25) is 4.79 Å². The van der Waals surface area contributed by atoms with Crippen LogP contribution in [0.3, 0.4) is 0 Å². The lowest BCUT2D eigenvalue weighted by molar-refractivity contribution is -0.118. The Bertz CT molecular complexity index is 987. The molecule has 0 radical (unpaired) electrons. The number of aromatic nitrogens is 2. The van der Waals surface area contributed by atoms with E-state index in [-0.39, 0.29) is 11.7 Å². The Kier molecular flexibility index (Phi) is 6.36. The van der Waals surface area contributed by atoms with E-state index in [0.29, 0.717) is 17.4 Å². The molecule has 0 aliphatic carbocycles. The van der Waals surface area contributed by atoms with Gasteiger partial charge < -0.3 is 9.30 Å². The number of rotatable bonds is 7. The molecule has 1 amide bonds. The van der Waals surface area contributed by atoms with Crippen molar-refractivity contribution in [2.24, 2.45) is 12.1 Å². The number of ether oxygens (including phenoxy) is 1. The molecule has 0 aliphatic heterocycles. The number of carbonyl (C=O) groups is 1. The van der Waals surface area contributed by atoms with Gasteiger partial charge in [0.05, 0.1) is 34.6 Å². The lowest BCUT2D eigenvalue weighted by Gasteiger charge is -2.05. The first-order valence-corrected chi connectivity index (χ1v) is 9.73. The van der Waals surface area contributed by atoms with Crippen LogP contribution in [0.1, 0.15) is 12.5 Å². The Hall–Kier alpha value is -2.51. The average molecular weight is 403 g/mol. The summed E-state index contributed by atoms with van der Waals surface area (Å²) < 4.78 is 7.35. The smallest absolute Gasteiger partial charge is 0.250 e. The summed E-state index contributed by atoms with van der Waals surface area (Å²) in [6.07, 6.45) is 1.54. The van der Waals surface area contributed by atoms with Crippen LogP contribution in [-0.4, -0.2) is 34.0 Å². The Balaban J connectivity index is 1.54. The van der Waals surface area contributed by atoms with Crippen molar-refractivity contribution >= 4 is 46.5 Å². The first kappa shape index (κ1) is 19.3. The normalized spacial score (nSPS) is 11.2. The van der Waals surface area contributed by atoms with E-state index >= 15 is 0 Å².